The highest BCUT2D eigenvalue weighted by atomic mass is 35.5. The molecule has 0 aromatic heterocycles. The van der Waals surface area contributed by atoms with Crippen LogP contribution in [0.1, 0.15) is 6.92 Å². The average Bonchev–Trinajstić information content (AvgIpc) is 2.10. The smallest absolute Gasteiger partial charge is 0.214 e. The van der Waals surface area contributed by atoms with E-state index in [2.05, 4.69) is 0 Å². The van der Waals surface area contributed by atoms with Crippen LogP contribution >= 0.6 is 23.4 Å². The number of hydrogen-bond acceptors (Lipinski definition) is 2. The molecule has 1 rings (SSSR count). The van der Waals surface area contributed by atoms with E-state index in [1.54, 1.807) is 6.20 Å². The van der Waals surface area contributed by atoms with E-state index in [0.717, 1.165) is 6.41 Å². The lowest BCUT2D eigenvalue weighted by Gasteiger charge is -2.10. The summed E-state index contributed by atoms with van der Waals surface area (Å²) in [4.78, 5) is 11.7. The molecule has 1 atom stereocenters. The van der Waals surface area contributed by atoms with Crippen LogP contribution in [0, 0.1) is 0 Å². The van der Waals surface area contributed by atoms with Crippen LogP contribution in [0.5, 0.6) is 0 Å². The van der Waals surface area contributed by atoms with Gasteiger partial charge in [0.1, 0.15) is 0 Å². The van der Waals surface area contributed by atoms with Crippen molar-refractivity contribution in [3.63, 3.8) is 0 Å². The second-order valence-corrected chi connectivity index (χ2v) is 3.69. The van der Waals surface area contributed by atoms with Gasteiger partial charge in [-0.3, -0.25) is 4.79 Å². The average molecular weight is 164 g/mol. The molecule has 0 saturated heterocycles. The molecule has 0 aliphatic carbocycles. The Balaban J connectivity index is 2.63. The molecule has 2 nitrogen and oxygen atoms in total. The lowest BCUT2D eigenvalue weighted by molar-refractivity contribution is -0.116. The maximum Gasteiger partial charge on any atom is 0.214 e. The highest BCUT2D eigenvalue weighted by molar-refractivity contribution is 8.05. The summed E-state index contributed by atoms with van der Waals surface area (Å²) in [5, 5.41) is 0.162. The Bertz CT molecular complexity index is 159. The number of nitrogens with zero attached hydrogens (tertiary/aromatic N) is 1. The van der Waals surface area contributed by atoms with Crippen LogP contribution in [-0.4, -0.2) is 16.7 Å². The van der Waals surface area contributed by atoms with E-state index in [1.165, 1.54) is 16.7 Å². The van der Waals surface area contributed by atoms with Crippen molar-refractivity contribution >= 4 is 29.8 Å². The minimum atomic E-state index is 0.162. The second-order valence-electron chi connectivity index (χ2n) is 1.70. The highest BCUT2D eigenvalue weighted by Crippen LogP contribution is 2.33. The summed E-state index contributed by atoms with van der Waals surface area (Å²) in [6.45, 7) is 1.92. The van der Waals surface area contributed by atoms with Gasteiger partial charge in [-0.05, 0) is 6.92 Å². The lowest BCUT2D eigenvalue weighted by atomic mass is 10.6. The second kappa shape index (κ2) is 2.62. The van der Waals surface area contributed by atoms with Gasteiger partial charge < -0.3 is 4.90 Å². The van der Waals surface area contributed by atoms with Gasteiger partial charge in [0.2, 0.25) is 6.41 Å². The fourth-order valence-corrected chi connectivity index (χ4v) is 1.83. The SMILES string of the molecule is CC1SC(Cl)=CN1C=O. The molecule has 0 radical (unpaired) electrons. The van der Waals surface area contributed by atoms with Crippen LogP contribution in [-0.2, 0) is 4.79 Å². The molecule has 50 valence electrons. The van der Waals surface area contributed by atoms with E-state index >= 15 is 0 Å². The Kier molecular flexibility index (Phi) is 2.03. The quantitative estimate of drug-likeness (QED) is 0.547. The van der Waals surface area contributed by atoms with Gasteiger partial charge in [-0.15, -0.1) is 0 Å². The van der Waals surface area contributed by atoms with E-state index in [1.807, 2.05) is 6.92 Å². The molecule has 1 heterocycles. The molecule has 1 amide bonds. The number of hydrogen-bond donors (Lipinski definition) is 0. The van der Waals surface area contributed by atoms with Crippen molar-refractivity contribution in [1.82, 2.24) is 4.90 Å². The summed E-state index contributed by atoms with van der Waals surface area (Å²) < 4.78 is 0.676. The number of halogens is 1. The summed E-state index contributed by atoms with van der Waals surface area (Å²) in [7, 11) is 0. The van der Waals surface area contributed by atoms with Crippen molar-refractivity contribution < 1.29 is 4.79 Å². The first kappa shape index (κ1) is 6.96. The number of thioether (sulfide) groups is 1. The van der Waals surface area contributed by atoms with E-state index in [0.29, 0.717) is 4.36 Å². The van der Waals surface area contributed by atoms with Gasteiger partial charge >= 0.3 is 0 Å². The molecule has 0 N–H and O–H groups in total. The first-order valence-corrected chi connectivity index (χ1v) is 3.76. The molecule has 0 spiro atoms. The number of carbonyl (C=O) groups is 1. The number of rotatable bonds is 1. The van der Waals surface area contributed by atoms with Crippen LogP contribution in [0.25, 0.3) is 0 Å². The molecule has 0 aromatic carbocycles. The van der Waals surface area contributed by atoms with Crippen LogP contribution in [0.15, 0.2) is 10.6 Å². The minimum Gasteiger partial charge on any atom is -0.307 e. The zero-order valence-electron chi connectivity index (χ0n) is 4.87. The topological polar surface area (TPSA) is 20.3 Å². The molecule has 4 heteroatoms. The zero-order chi connectivity index (χ0) is 6.85. The lowest BCUT2D eigenvalue weighted by Crippen LogP contribution is -2.18. The minimum absolute atomic E-state index is 0.162. The number of carbonyl (C=O) groups excluding carboxylic acids is 1. The van der Waals surface area contributed by atoms with Crippen molar-refractivity contribution in [2.24, 2.45) is 0 Å². The fraction of sp³-hybridized carbons (Fsp3) is 0.400. The third-order valence-electron chi connectivity index (χ3n) is 1.08. The van der Waals surface area contributed by atoms with Crippen molar-refractivity contribution in [1.29, 1.82) is 0 Å². The normalized spacial score (nSPS) is 26.2. The van der Waals surface area contributed by atoms with E-state index in [4.69, 9.17) is 11.6 Å². The standard InChI is InChI=1S/C5H6ClNOS/c1-4-7(3-8)2-5(6)9-4/h2-4H,1H3. The molecular weight excluding hydrogens is 158 g/mol. The van der Waals surface area contributed by atoms with Gasteiger partial charge in [-0.1, -0.05) is 23.4 Å². The Morgan fingerprint density at radius 3 is 2.89 bits per heavy atom. The van der Waals surface area contributed by atoms with Gasteiger partial charge in [0.15, 0.2) is 0 Å². The van der Waals surface area contributed by atoms with Crippen molar-refractivity contribution in [3.8, 4) is 0 Å². The third-order valence-corrected chi connectivity index (χ3v) is 2.36. The first-order valence-electron chi connectivity index (χ1n) is 2.51. The predicted molar refractivity (Wildman–Crippen MR) is 38.9 cm³/mol. The summed E-state index contributed by atoms with van der Waals surface area (Å²) in [5.74, 6) is 0. The third kappa shape index (κ3) is 1.40. The Hall–Kier alpha value is -0.150. The number of amides is 1. The van der Waals surface area contributed by atoms with Crippen LogP contribution < -0.4 is 0 Å². The van der Waals surface area contributed by atoms with Crippen molar-refractivity contribution in [3.05, 3.63) is 10.6 Å². The first-order chi connectivity index (χ1) is 4.24. The van der Waals surface area contributed by atoms with E-state index in [9.17, 15) is 4.79 Å². The van der Waals surface area contributed by atoms with Crippen LogP contribution in [0.2, 0.25) is 0 Å². The molecule has 0 aromatic rings. The molecule has 1 unspecified atom stereocenters. The van der Waals surface area contributed by atoms with Gasteiger partial charge in [0.05, 0.1) is 9.74 Å². The molecular formula is C5H6ClNOS. The fourth-order valence-electron chi connectivity index (χ4n) is 0.593. The largest absolute Gasteiger partial charge is 0.307 e. The molecule has 1 aliphatic heterocycles. The molecule has 0 bridgehead atoms. The van der Waals surface area contributed by atoms with Gasteiger partial charge in [-0.25, -0.2) is 0 Å². The molecule has 9 heavy (non-hydrogen) atoms. The summed E-state index contributed by atoms with van der Waals surface area (Å²) in [6, 6.07) is 0. The zero-order valence-corrected chi connectivity index (χ0v) is 6.45. The van der Waals surface area contributed by atoms with Crippen molar-refractivity contribution in [2.45, 2.75) is 12.3 Å². The van der Waals surface area contributed by atoms with Crippen LogP contribution in [0.4, 0.5) is 0 Å². The van der Waals surface area contributed by atoms with Crippen molar-refractivity contribution in [2.75, 3.05) is 0 Å². The Labute approximate surface area is 62.9 Å². The van der Waals surface area contributed by atoms with E-state index in [-0.39, 0.29) is 5.37 Å². The van der Waals surface area contributed by atoms with Gasteiger partial charge in [-0.2, -0.15) is 0 Å². The maximum atomic E-state index is 10.2. The van der Waals surface area contributed by atoms with Gasteiger partial charge in [0, 0.05) is 6.20 Å². The van der Waals surface area contributed by atoms with E-state index < -0.39 is 0 Å². The summed E-state index contributed by atoms with van der Waals surface area (Å²) in [6.07, 6.45) is 2.40. The highest BCUT2D eigenvalue weighted by Gasteiger charge is 2.18. The monoisotopic (exact) mass is 163 g/mol. The Morgan fingerprint density at radius 2 is 2.67 bits per heavy atom. The molecule has 1 aliphatic rings. The van der Waals surface area contributed by atoms with Gasteiger partial charge in [0.25, 0.3) is 0 Å². The molecule has 0 fully saturated rings. The summed E-state index contributed by atoms with van der Waals surface area (Å²) >= 11 is 7.08. The Morgan fingerprint density at radius 1 is 2.00 bits per heavy atom. The van der Waals surface area contributed by atoms with Crippen LogP contribution in [0.3, 0.4) is 0 Å². The maximum absolute atomic E-state index is 10.2. The summed E-state index contributed by atoms with van der Waals surface area (Å²) in [5.41, 5.74) is 0. The predicted octanol–water partition coefficient (Wildman–Crippen LogP) is 1.58. The molecule has 0 saturated carbocycles.